The molecule has 0 aromatic heterocycles. The van der Waals surface area contributed by atoms with Gasteiger partial charge in [-0.2, -0.15) is 0 Å². The molecule has 1 aliphatic carbocycles. The largest absolute Gasteiger partial charge is 0.0854 e. The second kappa shape index (κ2) is 3.94. The van der Waals surface area contributed by atoms with Gasteiger partial charge in [0, 0.05) is 0 Å². The van der Waals surface area contributed by atoms with E-state index in [1.807, 2.05) is 0 Å². The van der Waals surface area contributed by atoms with E-state index in [2.05, 4.69) is 32.9 Å². The van der Waals surface area contributed by atoms with E-state index in [1.165, 1.54) is 19.3 Å². The zero-order chi connectivity index (χ0) is 8.27. The van der Waals surface area contributed by atoms with Crippen molar-refractivity contribution in [2.45, 2.75) is 40.0 Å². The van der Waals surface area contributed by atoms with Crippen molar-refractivity contribution in [2.75, 3.05) is 0 Å². The molecule has 0 nitrogen and oxygen atoms in total. The molecule has 0 aromatic carbocycles. The quantitative estimate of drug-likeness (QED) is 0.530. The minimum atomic E-state index is 0.829. The maximum absolute atomic E-state index is 2.43. The van der Waals surface area contributed by atoms with Crippen LogP contribution in [-0.2, 0) is 0 Å². The molecular weight excluding hydrogens is 132 g/mol. The molecule has 0 bridgehead atoms. The first-order chi connectivity index (χ1) is 5.24. The van der Waals surface area contributed by atoms with Crippen LogP contribution in [0.1, 0.15) is 40.0 Å². The van der Waals surface area contributed by atoms with Gasteiger partial charge in [-0.1, -0.05) is 39.3 Å². The van der Waals surface area contributed by atoms with E-state index in [0.29, 0.717) is 0 Å². The van der Waals surface area contributed by atoms with Crippen LogP contribution in [0.3, 0.4) is 0 Å². The molecular formula is C11H20. The van der Waals surface area contributed by atoms with Crippen LogP contribution in [0.25, 0.3) is 0 Å². The van der Waals surface area contributed by atoms with Crippen molar-refractivity contribution in [3.63, 3.8) is 0 Å². The summed E-state index contributed by atoms with van der Waals surface area (Å²) in [5, 5.41) is 0. The van der Waals surface area contributed by atoms with Crippen LogP contribution < -0.4 is 0 Å². The normalized spacial score (nSPS) is 33.7. The van der Waals surface area contributed by atoms with Crippen LogP contribution >= 0.6 is 0 Å². The Hall–Kier alpha value is -0.260. The van der Waals surface area contributed by atoms with E-state index in [1.54, 1.807) is 0 Å². The fourth-order valence-corrected chi connectivity index (χ4v) is 1.76. The van der Waals surface area contributed by atoms with Crippen LogP contribution in [0.4, 0.5) is 0 Å². The Balaban J connectivity index is 2.43. The Labute approximate surface area is 70.7 Å². The van der Waals surface area contributed by atoms with Crippen molar-refractivity contribution in [1.29, 1.82) is 0 Å². The lowest BCUT2D eigenvalue weighted by Gasteiger charge is -2.24. The van der Waals surface area contributed by atoms with Crippen molar-refractivity contribution >= 4 is 0 Å². The predicted molar refractivity (Wildman–Crippen MR) is 50.5 cm³/mol. The predicted octanol–water partition coefficient (Wildman–Crippen LogP) is 3.63. The molecule has 0 N–H and O–H groups in total. The Bertz CT molecular complexity index is 135. The van der Waals surface area contributed by atoms with Gasteiger partial charge in [0.1, 0.15) is 0 Å². The number of allylic oxidation sites excluding steroid dienone is 2. The summed E-state index contributed by atoms with van der Waals surface area (Å²) in [6, 6.07) is 0. The van der Waals surface area contributed by atoms with Crippen LogP contribution in [0.15, 0.2) is 12.2 Å². The van der Waals surface area contributed by atoms with E-state index in [9.17, 15) is 0 Å². The molecule has 0 saturated heterocycles. The van der Waals surface area contributed by atoms with Crippen molar-refractivity contribution in [3.05, 3.63) is 12.2 Å². The molecule has 0 heteroatoms. The third-order valence-electron chi connectivity index (χ3n) is 3.02. The van der Waals surface area contributed by atoms with Crippen molar-refractivity contribution < 1.29 is 0 Å². The Morgan fingerprint density at radius 1 is 1.36 bits per heavy atom. The van der Waals surface area contributed by atoms with E-state index < -0.39 is 0 Å². The average Bonchev–Trinajstić information content (AvgIpc) is 2.05. The minimum absolute atomic E-state index is 0.829. The summed E-state index contributed by atoms with van der Waals surface area (Å²) in [5.74, 6) is 2.59. The fourth-order valence-electron chi connectivity index (χ4n) is 1.76. The van der Waals surface area contributed by atoms with Gasteiger partial charge in [-0.25, -0.2) is 0 Å². The molecule has 64 valence electrons. The molecule has 0 radical (unpaired) electrons. The molecule has 1 aliphatic rings. The lowest BCUT2D eigenvalue weighted by Crippen LogP contribution is -2.13. The second-order valence-electron chi connectivity index (χ2n) is 3.99. The first-order valence-electron chi connectivity index (χ1n) is 4.92. The molecule has 11 heavy (non-hydrogen) atoms. The maximum Gasteiger partial charge on any atom is -0.0208 e. The van der Waals surface area contributed by atoms with Crippen LogP contribution in [0.2, 0.25) is 0 Å². The number of rotatable bonds is 2. The lowest BCUT2D eigenvalue weighted by atomic mass is 9.81. The van der Waals surface area contributed by atoms with Gasteiger partial charge in [-0.3, -0.25) is 0 Å². The molecule has 2 unspecified atom stereocenters. The van der Waals surface area contributed by atoms with Crippen LogP contribution in [0.5, 0.6) is 0 Å². The number of hydrogen-bond donors (Lipinski definition) is 0. The molecule has 0 amide bonds. The second-order valence-corrected chi connectivity index (χ2v) is 3.99. The van der Waals surface area contributed by atoms with Crippen molar-refractivity contribution in [2.24, 2.45) is 17.8 Å². The molecule has 0 heterocycles. The molecule has 0 fully saturated rings. The Kier molecular flexibility index (Phi) is 3.16. The molecule has 0 spiro atoms. The highest BCUT2D eigenvalue weighted by atomic mass is 14.2. The fraction of sp³-hybridized carbons (Fsp3) is 0.818. The highest BCUT2D eigenvalue weighted by Gasteiger charge is 2.16. The van der Waals surface area contributed by atoms with Gasteiger partial charge < -0.3 is 0 Å². The molecule has 1 rings (SSSR count). The van der Waals surface area contributed by atoms with E-state index in [4.69, 9.17) is 0 Å². The molecule has 3 atom stereocenters. The molecule has 0 aromatic rings. The molecule has 0 saturated carbocycles. The van der Waals surface area contributed by atoms with Gasteiger partial charge in [0.25, 0.3) is 0 Å². The minimum Gasteiger partial charge on any atom is -0.0854 e. The topological polar surface area (TPSA) is 0 Å². The van der Waals surface area contributed by atoms with Crippen LogP contribution in [0, 0.1) is 17.8 Å². The first kappa shape index (κ1) is 8.83. The summed E-state index contributed by atoms with van der Waals surface area (Å²) in [6.07, 6.45) is 8.95. The summed E-state index contributed by atoms with van der Waals surface area (Å²) < 4.78 is 0. The van der Waals surface area contributed by atoms with Gasteiger partial charge in [0.15, 0.2) is 0 Å². The van der Waals surface area contributed by atoms with E-state index in [-0.39, 0.29) is 0 Å². The zero-order valence-electron chi connectivity index (χ0n) is 8.01. The van der Waals surface area contributed by atoms with Crippen molar-refractivity contribution in [1.82, 2.24) is 0 Å². The number of hydrogen-bond acceptors (Lipinski definition) is 0. The molecule has 0 aliphatic heterocycles. The smallest absolute Gasteiger partial charge is 0.0208 e. The third-order valence-corrected chi connectivity index (χ3v) is 3.02. The Morgan fingerprint density at radius 2 is 2.09 bits per heavy atom. The standard InChI is InChI=1S/C11H20/c1-4-10(3)11-7-5-9(2)6-8-11/h5,7,9-11H,4,6,8H2,1-3H3/t9-,10?,11?/m0/s1. The van der Waals surface area contributed by atoms with Gasteiger partial charge in [0.05, 0.1) is 0 Å². The monoisotopic (exact) mass is 152 g/mol. The van der Waals surface area contributed by atoms with Crippen LogP contribution in [-0.4, -0.2) is 0 Å². The van der Waals surface area contributed by atoms with Gasteiger partial charge >= 0.3 is 0 Å². The summed E-state index contributed by atoms with van der Waals surface area (Å²) in [5.41, 5.74) is 0. The first-order valence-corrected chi connectivity index (χ1v) is 4.92. The zero-order valence-corrected chi connectivity index (χ0v) is 8.01. The van der Waals surface area contributed by atoms with Gasteiger partial charge in [-0.05, 0) is 30.6 Å². The SMILES string of the molecule is CCC(C)C1C=C[C@H](C)CC1. The Morgan fingerprint density at radius 3 is 2.55 bits per heavy atom. The highest BCUT2D eigenvalue weighted by molar-refractivity contribution is 4.97. The lowest BCUT2D eigenvalue weighted by molar-refractivity contribution is 0.353. The van der Waals surface area contributed by atoms with E-state index >= 15 is 0 Å². The van der Waals surface area contributed by atoms with Crippen molar-refractivity contribution in [3.8, 4) is 0 Å². The van der Waals surface area contributed by atoms with E-state index in [0.717, 1.165) is 17.8 Å². The third kappa shape index (κ3) is 2.36. The highest BCUT2D eigenvalue weighted by Crippen LogP contribution is 2.28. The summed E-state index contributed by atoms with van der Waals surface area (Å²) in [4.78, 5) is 0. The average molecular weight is 152 g/mol. The summed E-state index contributed by atoms with van der Waals surface area (Å²) >= 11 is 0. The maximum atomic E-state index is 2.43. The summed E-state index contributed by atoms with van der Waals surface area (Å²) in [6.45, 7) is 6.96. The summed E-state index contributed by atoms with van der Waals surface area (Å²) in [7, 11) is 0. The van der Waals surface area contributed by atoms with Gasteiger partial charge in [0.2, 0.25) is 0 Å². The van der Waals surface area contributed by atoms with Gasteiger partial charge in [-0.15, -0.1) is 0 Å².